The maximum absolute atomic E-state index is 5.75. The van der Waals surface area contributed by atoms with Crippen molar-refractivity contribution in [2.75, 3.05) is 0 Å². The number of hydrogen-bond donors (Lipinski definition) is 0. The van der Waals surface area contributed by atoms with Gasteiger partial charge < -0.3 is 0 Å². The molecule has 2 nitrogen and oxygen atoms in total. The third-order valence-electron chi connectivity index (χ3n) is 1.26. The second-order valence-electron chi connectivity index (χ2n) is 2.88. The van der Waals surface area contributed by atoms with Gasteiger partial charge in [0.2, 0.25) is 0 Å². The molecule has 0 amide bonds. The number of nitrogens with zero attached hydrogens (tertiary/aromatic N) is 2. The van der Waals surface area contributed by atoms with E-state index < -0.39 is 0 Å². The summed E-state index contributed by atoms with van der Waals surface area (Å²) < 4.78 is 0. The smallest absolute Gasteiger partial charge is 0.133 e. The molecular formula is C9H11ClN2. The average Bonchev–Trinajstić information content (AvgIpc) is 1.81. The summed E-state index contributed by atoms with van der Waals surface area (Å²) in [4.78, 5) is 8.17. The summed E-state index contributed by atoms with van der Waals surface area (Å²) in [5.74, 6) is 0.704. The van der Waals surface area contributed by atoms with Crippen LogP contribution in [0.25, 0.3) is 6.08 Å². The van der Waals surface area contributed by atoms with Crippen LogP contribution in [0.3, 0.4) is 0 Å². The lowest BCUT2D eigenvalue weighted by Gasteiger charge is -1.97. The Balaban J connectivity index is 3.09. The Labute approximate surface area is 77.3 Å². The molecule has 1 heterocycles. The van der Waals surface area contributed by atoms with E-state index in [2.05, 4.69) is 9.97 Å². The zero-order valence-electron chi connectivity index (χ0n) is 7.43. The highest BCUT2D eigenvalue weighted by molar-refractivity contribution is 6.29. The Hall–Kier alpha value is -0.890. The molecule has 0 aliphatic heterocycles. The third-order valence-corrected chi connectivity index (χ3v) is 1.46. The molecule has 64 valence electrons. The van der Waals surface area contributed by atoms with Gasteiger partial charge in [0, 0.05) is 6.07 Å². The number of aromatic nitrogens is 2. The van der Waals surface area contributed by atoms with Crippen LogP contribution in [0, 0.1) is 6.92 Å². The van der Waals surface area contributed by atoms with E-state index in [1.54, 1.807) is 6.07 Å². The quantitative estimate of drug-likeness (QED) is 0.625. The first-order valence-corrected chi connectivity index (χ1v) is 4.12. The van der Waals surface area contributed by atoms with Crippen LogP contribution in [0.1, 0.15) is 25.4 Å². The van der Waals surface area contributed by atoms with E-state index in [1.807, 2.05) is 26.8 Å². The van der Waals surface area contributed by atoms with Crippen molar-refractivity contribution in [2.24, 2.45) is 0 Å². The van der Waals surface area contributed by atoms with Crippen molar-refractivity contribution in [1.82, 2.24) is 9.97 Å². The van der Waals surface area contributed by atoms with Crippen LogP contribution in [0.2, 0.25) is 5.15 Å². The van der Waals surface area contributed by atoms with Gasteiger partial charge in [0.15, 0.2) is 0 Å². The van der Waals surface area contributed by atoms with E-state index in [4.69, 9.17) is 11.6 Å². The number of allylic oxidation sites excluding steroid dienone is 1. The minimum Gasteiger partial charge on any atom is -0.234 e. The first-order valence-electron chi connectivity index (χ1n) is 3.74. The third kappa shape index (κ3) is 2.62. The standard InChI is InChI=1S/C9H11ClN2/c1-6(2)4-8-5-9(10)12-7(3)11-8/h4-5H,1-3H3. The monoisotopic (exact) mass is 182 g/mol. The van der Waals surface area contributed by atoms with Crippen molar-refractivity contribution in [1.29, 1.82) is 0 Å². The zero-order chi connectivity index (χ0) is 9.14. The Bertz CT molecular complexity index is 294. The minimum atomic E-state index is 0.495. The van der Waals surface area contributed by atoms with Crippen molar-refractivity contribution in [3.05, 3.63) is 28.3 Å². The fourth-order valence-corrected chi connectivity index (χ4v) is 1.16. The zero-order valence-corrected chi connectivity index (χ0v) is 8.18. The average molecular weight is 183 g/mol. The highest BCUT2D eigenvalue weighted by Gasteiger charge is 1.96. The molecule has 0 saturated heterocycles. The first kappa shape index (κ1) is 9.20. The van der Waals surface area contributed by atoms with E-state index >= 15 is 0 Å². The summed E-state index contributed by atoms with van der Waals surface area (Å²) in [6.45, 7) is 5.87. The molecular weight excluding hydrogens is 172 g/mol. The Kier molecular flexibility index (Phi) is 2.82. The SMILES string of the molecule is CC(C)=Cc1cc(Cl)nc(C)n1. The van der Waals surface area contributed by atoms with Crippen molar-refractivity contribution in [3.63, 3.8) is 0 Å². The van der Waals surface area contributed by atoms with Gasteiger partial charge in [-0.2, -0.15) is 0 Å². The maximum atomic E-state index is 5.75. The van der Waals surface area contributed by atoms with E-state index in [9.17, 15) is 0 Å². The number of aryl methyl sites for hydroxylation is 1. The number of rotatable bonds is 1. The van der Waals surface area contributed by atoms with E-state index in [-0.39, 0.29) is 0 Å². The molecule has 1 rings (SSSR count). The van der Waals surface area contributed by atoms with Gasteiger partial charge in [0.05, 0.1) is 5.69 Å². The maximum Gasteiger partial charge on any atom is 0.133 e. The normalized spacial score (nSPS) is 9.67. The fourth-order valence-electron chi connectivity index (χ4n) is 0.923. The summed E-state index contributed by atoms with van der Waals surface area (Å²) in [5, 5.41) is 0.495. The predicted octanol–water partition coefficient (Wildman–Crippen LogP) is 2.86. The van der Waals surface area contributed by atoms with Gasteiger partial charge in [0.1, 0.15) is 11.0 Å². The van der Waals surface area contributed by atoms with Crippen LogP contribution in [-0.4, -0.2) is 9.97 Å². The molecule has 0 fully saturated rings. The van der Waals surface area contributed by atoms with Crippen molar-refractivity contribution >= 4 is 17.7 Å². The van der Waals surface area contributed by atoms with Gasteiger partial charge in [-0.05, 0) is 26.8 Å². The van der Waals surface area contributed by atoms with Crippen molar-refractivity contribution in [3.8, 4) is 0 Å². The molecule has 0 saturated carbocycles. The molecule has 0 radical (unpaired) electrons. The van der Waals surface area contributed by atoms with Gasteiger partial charge in [0.25, 0.3) is 0 Å². The highest BCUT2D eigenvalue weighted by atomic mass is 35.5. The molecule has 0 spiro atoms. The largest absolute Gasteiger partial charge is 0.234 e. The van der Waals surface area contributed by atoms with E-state index in [1.165, 1.54) is 5.57 Å². The molecule has 0 bridgehead atoms. The molecule has 3 heteroatoms. The highest BCUT2D eigenvalue weighted by Crippen LogP contribution is 2.09. The van der Waals surface area contributed by atoms with Gasteiger partial charge >= 0.3 is 0 Å². The fraction of sp³-hybridized carbons (Fsp3) is 0.333. The second-order valence-corrected chi connectivity index (χ2v) is 3.27. The lowest BCUT2D eigenvalue weighted by molar-refractivity contribution is 1.04. The van der Waals surface area contributed by atoms with Crippen LogP contribution >= 0.6 is 11.6 Å². The van der Waals surface area contributed by atoms with Gasteiger partial charge in [-0.25, -0.2) is 9.97 Å². The summed E-state index contributed by atoms with van der Waals surface area (Å²) in [6, 6.07) is 1.75. The van der Waals surface area contributed by atoms with Crippen LogP contribution < -0.4 is 0 Å². The van der Waals surface area contributed by atoms with Gasteiger partial charge in [-0.15, -0.1) is 0 Å². The van der Waals surface area contributed by atoms with Crippen molar-refractivity contribution < 1.29 is 0 Å². The van der Waals surface area contributed by atoms with Gasteiger partial charge in [-0.1, -0.05) is 17.2 Å². The van der Waals surface area contributed by atoms with E-state index in [0.717, 1.165) is 5.69 Å². The molecule has 0 unspecified atom stereocenters. The van der Waals surface area contributed by atoms with Crippen LogP contribution in [0.4, 0.5) is 0 Å². The lowest BCUT2D eigenvalue weighted by atomic mass is 10.2. The lowest BCUT2D eigenvalue weighted by Crippen LogP contribution is -1.90. The molecule has 0 aliphatic carbocycles. The van der Waals surface area contributed by atoms with Crippen LogP contribution in [-0.2, 0) is 0 Å². The Morgan fingerprint density at radius 1 is 1.42 bits per heavy atom. The number of halogens is 1. The molecule has 12 heavy (non-hydrogen) atoms. The first-order chi connectivity index (χ1) is 5.58. The Morgan fingerprint density at radius 2 is 2.08 bits per heavy atom. The topological polar surface area (TPSA) is 25.8 Å². The molecule has 1 aromatic rings. The molecule has 0 aliphatic rings. The molecule has 0 aromatic carbocycles. The summed E-state index contributed by atoms with van der Waals surface area (Å²) in [5.41, 5.74) is 2.07. The van der Waals surface area contributed by atoms with Crippen LogP contribution in [0.15, 0.2) is 11.6 Å². The summed E-state index contributed by atoms with van der Waals surface area (Å²) >= 11 is 5.75. The molecule has 0 atom stereocenters. The molecule has 1 aromatic heterocycles. The summed E-state index contributed by atoms with van der Waals surface area (Å²) in [7, 11) is 0. The van der Waals surface area contributed by atoms with Gasteiger partial charge in [-0.3, -0.25) is 0 Å². The number of hydrogen-bond acceptors (Lipinski definition) is 2. The predicted molar refractivity (Wildman–Crippen MR) is 51.1 cm³/mol. The van der Waals surface area contributed by atoms with Crippen molar-refractivity contribution in [2.45, 2.75) is 20.8 Å². The molecule has 0 N–H and O–H groups in total. The van der Waals surface area contributed by atoms with Crippen LogP contribution in [0.5, 0.6) is 0 Å². The second kappa shape index (κ2) is 3.68. The Morgan fingerprint density at radius 3 is 2.58 bits per heavy atom. The summed E-state index contributed by atoms with van der Waals surface area (Å²) in [6.07, 6.45) is 1.97. The minimum absolute atomic E-state index is 0.495. The van der Waals surface area contributed by atoms with E-state index in [0.29, 0.717) is 11.0 Å².